The molecule has 5 heteroatoms. The molecule has 1 aromatic rings. The van der Waals surface area contributed by atoms with E-state index in [9.17, 15) is 4.79 Å². The highest BCUT2D eigenvalue weighted by Gasteiger charge is 2.29. The predicted molar refractivity (Wildman–Crippen MR) is 43.2 cm³/mol. The van der Waals surface area contributed by atoms with Gasteiger partial charge in [0.05, 0.1) is 12.8 Å². The van der Waals surface area contributed by atoms with Crippen LogP contribution in [0.25, 0.3) is 0 Å². The Balaban J connectivity index is 2.43. The molecular formula is C8H10N2O3. The smallest absolute Gasteiger partial charge is 0.337 e. The lowest BCUT2D eigenvalue weighted by Crippen LogP contribution is -2.23. The van der Waals surface area contributed by atoms with Crippen LogP contribution < -0.4 is 0 Å². The standard InChI is InChI=1S/C8H10N2O3/c1-10-6-2-3-13-7(8(11)12)5(6)4-9-10/h4,7H,2-3H2,1H3,(H,11,12)/t7-/m1/s1. The molecule has 0 radical (unpaired) electrons. The number of fused-ring (bicyclic) bond motifs is 1. The second kappa shape index (κ2) is 2.85. The summed E-state index contributed by atoms with van der Waals surface area (Å²) in [7, 11) is 1.81. The minimum absolute atomic E-state index is 0.448. The van der Waals surface area contributed by atoms with E-state index in [0.29, 0.717) is 12.2 Å². The van der Waals surface area contributed by atoms with Gasteiger partial charge in [-0.15, -0.1) is 0 Å². The van der Waals surface area contributed by atoms with E-state index in [1.54, 1.807) is 10.9 Å². The minimum Gasteiger partial charge on any atom is -0.479 e. The van der Waals surface area contributed by atoms with Crippen molar-refractivity contribution in [1.82, 2.24) is 9.78 Å². The van der Waals surface area contributed by atoms with Crippen LogP contribution in [-0.4, -0.2) is 27.5 Å². The molecule has 1 aliphatic heterocycles. The fourth-order valence-electron chi connectivity index (χ4n) is 1.57. The van der Waals surface area contributed by atoms with Gasteiger partial charge in [-0.25, -0.2) is 4.79 Å². The number of aryl methyl sites for hydroxylation is 1. The maximum Gasteiger partial charge on any atom is 0.337 e. The summed E-state index contributed by atoms with van der Waals surface area (Å²) in [5.74, 6) is -0.950. The van der Waals surface area contributed by atoms with Gasteiger partial charge in [-0.05, 0) is 0 Å². The number of hydrogen-bond acceptors (Lipinski definition) is 3. The molecule has 13 heavy (non-hydrogen) atoms. The van der Waals surface area contributed by atoms with Crippen LogP contribution in [0.2, 0.25) is 0 Å². The third-order valence-corrected chi connectivity index (χ3v) is 2.22. The zero-order valence-corrected chi connectivity index (χ0v) is 7.23. The Bertz CT molecular complexity index is 345. The summed E-state index contributed by atoms with van der Waals surface area (Å²) in [5.41, 5.74) is 1.64. The number of rotatable bonds is 1. The Morgan fingerprint density at radius 1 is 1.85 bits per heavy atom. The predicted octanol–water partition coefficient (Wildman–Crippen LogP) is 0.118. The third kappa shape index (κ3) is 1.21. The fourth-order valence-corrected chi connectivity index (χ4v) is 1.57. The van der Waals surface area contributed by atoms with Gasteiger partial charge in [0, 0.05) is 24.7 Å². The first-order valence-electron chi connectivity index (χ1n) is 4.05. The molecule has 0 amide bonds. The highest BCUT2D eigenvalue weighted by atomic mass is 16.5. The van der Waals surface area contributed by atoms with Crippen LogP contribution in [0.3, 0.4) is 0 Å². The summed E-state index contributed by atoms with van der Waals surface area (Å²) >= 11 is 0. The van der Waals surface area contributed by atoms with Crippen molar-refractivity contribution < 1.29 is 14.6 Å². The molecule has 1 N–H and O–H groups in total. The Labute approximate surface area is 74.9 Å². The zero-order valence-electron chi connectivity index (χ0n) is 7.23. The second-order valence-electron chi connectivity index (χ2n) is 3.01. The first-order valence-corrected chi connectivity index (χ1v) is 4.05. The molecule has 2 heterocycles. The van der Waals surface area contributed by atoms with Crippen molar-refractivity contribution >= 4 is 5.97 Å². The molecule has 1 aliphatic rings. The van der Waals surface area contributed by atoms with Crippen molar-refractivity contribution in [1.29, 1.82) is 0 Å². The first kappa shape index (κ1) is 8.25. The van der Waals surface area contributed by atoms with Gasteiger partial charge in [0.1, 0.15) is 0 Å². The average Bonchev–Trinajstić information content (AvgIpc) is 2.48. The number of hydrogen-bond donors (Lipinski definition) is 1. The Hall–Kier alpha value is -1.36. The van der Waals surface area contributed by atoms with E-state index in [1.807, 2.05) is 7.05 Å². The summed E-state index contributed by atoms with van der Waals surface area (Å²) in [6.45, 7) is 0.448. The number of aromatic nitrogens is 2. The molecule has 0 unspecified atom stereocenters. The van der Waals surface area contributed by atoms with Crippen LogP contribution in [0.15, 0.2) is 6.20 Å². The molecule has 0 aliphatic carbocycles. The monoisotopic (exact) mass is 182 g/mol. The van der Waals surface area contributed by atoms with E-state index in [2.05, 4.69) is 5.10 Å². The number of carboxylic acids is 1. The molecule has 0 saturated carbocycles. The highest BCUT2D eigenvalue weighted by Crippen LogP contribution is 2.26. The van der Waals surface area contributed by atoms with Crippen molar-refractivity contribution in [3.63, 3.8) is 0 Å². The molecule has 70 valence electrons. The molecule has 0 bridgehead atoms. The van der Waals surface area contributed by atoms with Crippen molar-refractivity contribution in [3.05, 3.63) is 17.5 Å². The molecule has 0 fully saturated rings. The summed E-state index contributed by atoms with van der Waals surface area (Å²) in [5, 5.41) is 12.8. The van der Waals surface area contributed by atoms with Crippen LogP contribution in [-0.2, 0) is 23.0 Å². The molecule has 0 saturated heterocycles. The number of ether oxygens (including phenoxy) is 1. The van der Waals surface area contributed by atoms with E-state index in [-0.39, 0.29) is 0 Å². The lowest BCUT2D eigenvalue weighted by molar-refractivity contribution is -0.151. The second-order valence-corrected chi connectivity index (χ2v) is 3.01. The number of nitrogens with zero attached hydrogens (tertiary/aromatic N) is 2. The van der Waals surface area contributed by atoms with Crippen LogP contribution in [0, 0.1) is 0 Å². The maximum atomic E-state index is 10.8. The van der Waals surface area contributed by atoms with Crippen molar-refractivity contribution in [2.75, 3.05) is 6.61 Å². The average molecular weight is 182 g/mol. The summed E-state index contributed by atoms with van der Waals surface area (Å²) in [6, 6.07) is 0. The molecule has 0 spiro atoms. The quantitative estimate of drug-likeness (QED) is 0.670. The summed E-state index contributed by atoms with van der Waals surface area (Å²) in [6.07, 6.45) is 1.46. The van der Waals surface area contributed by atoms with Gasteiger partial charge in [0.25, 0.3) is 0 Å². The minimum atomic E-state index is -0.950. The largest absolute Gasteiger partial charge is 0.479 e. The zero-order chi connectivity index (χ0) is 9.42. The van der Waals surface area contributed by atoms with E-state index < -0.39 is 12.1 Å². The number of carboxylic acid groups (broad SMARTS) is 1. The molecule has 1 atom stereocenters. The first-order chi connectivity index (χ1) is 6.20. The Kier molecular flexibility index (Phi) is 1.81. The van der Waals surface area contributed by atoms with Gasteiger partial charge >= 0.3 is 5.97 Å². The van der Waals surface area contributed by atoms with E-state index in [1.165, 1.54) is 0 Å². The normalized spacial score (nSPS) is 21.2. The topological polar surface area (TPSA) is 64.4 Å². The van der Waals surface area contributed by atoms with Gasteiger partial charge in [-0.2, -0.15) is 5.10 Å². The van der Waals surface area contributed by atoms with E-state index in [4.69, 9.17) is 9.84 Å². The van der Waals surface area contributed by atoms with Crippen LogP contribution in [0.4, 0.5) is 0 Å². The maximum absolute atomic E-state index is 10.8. The van der Waals surface area contributed by atoms with Crippen LogP contribution >= 0.6 is 0 Å². The molecular weight excluding hydrogens is 172 g/mol. The van der Waals surface area contributed by atoms with Crippen LogP contribution in [0.1, 0.15) is 17.4 Å². The molecule has 0 aromatic carbocycles. The van der Waals surface area contributed by atoms with Crippen molar-refractivity contribution in [3.8, 4) is 0 Å². The highest BCUT2D eigenvalue weighted by molar-refractivity contribution is 5.75. The van der Waals surface area contributed by atoms with E-state index in [0.717, 1.165) is 12.1 Å². The molecule has 5 nitrogen and oxygen atoms in total. The van der Waals surface area contributed by atoms with E-state index >= 15 is 0 Å². The van der Waals surface area contributed by atoms with Gasteiger partial charge in [-0.1, -0.05) is 0 Å². The molecule has 2 rings (SSSR count). The van der Waals surface area contributed by atoms with Gasteiger partial charge in [-0.3, -0.25) is 4.68 Å². The molecule has 1 aromatic heterocycles. The summed E-state index contributed by atoms with van der Waals surface area (Å²) in [4.78, 5) is 10.8. The van der Waals surface area contributed by atoms with Gasteiger partial charge < -0.3 is 9.84 Å². The lowest BCUT2D eigenvalue weighted by Gasteiger charge is -2.19. The summed E-state index contributed by atoms with van der Waals surface area (Å²) < 4.78 is 6.83. The lowest BCUT2D eigenvalue weighted by atomic mass is 10.1. The van der Waals surface area contributed by atoms with Gasteiger partial charge in [0.15, 0.2) is 6.10 Å². The fraction of sp³-hybridized carbons (Fsp3) is 0.500. The SMILES string of the molecule is Cn1ncc2c1CCO[C@H]2C(=O)O. The number of aliphatic carboxylic acids is 1. The van der Waals surface area contributed by atoms with Crippen molar-refractivity contribution in [2.24, 2.45) is 7.05 Å². The van der Waals surface area contributed by atoms with Crippen molar-refractivity contribution in [2.45, 2.75) is 12.5 Å². The third-order valence-electron chi connectivity index (χ3n) is 2.22. The van der Waals surface area contributed by atoms with Gasteiger partial charge in [0.2, 0.25) is 0 Å². The van der Waals surface area contributed by atoms with Crippen LogP contribution in [0.5, 0.6) is 0 Å². The Morgan fingerprint density at radius 2 is 2.62 bits per heavy atom. The Morgan fingerprint density at radius 3 is 3.31 bits per heavy atom. The number of carbonyl (C=O) groups is 1.